The van der Waals surface area contributed by atoms with E-state index in [0.29, 0.717) is 25.9 Å². The maximum atomic E-state index is 11.4. The van der Waals surface area contributed by atoms with Crippen LogP contribution in [-0.4, -0.2) is 45.8 Å². The average molecular weight is 278 g/mol. The molecule has 0 bridgehead atoms. The van der Waals surface area contributed by atoms with Gasteiger partial charge in [-0.15, -0.1) is 0 Å². The molecule has 1 unspecified atom stereocenters. The Labute approximate surface area is 117 Å². The van der Waals surface area contributed by atoms with E-state index in [1.54, 1.807) is 12.2 Å². The van der Waals surface area contributed by atoms with Crippen molar-refractivity contribution in [2.75, 3.05) is 13.1 Å². The number of carboxylic acid groups (broad SMARTS) is 2. The zero-order valence-electron chi connectivity index (χ0n) is 11.3. The molecule has 0 aromatic carbocycles. The molecule has 3 N–H and O–H groups in total. The van der Waals surface area contributed by atoms with Gasteiger partial charge in [0.05, 0.1) is 0 Å². The van der Waals surface area contributed by atoms with Crippen LogP contribution in [0.2, 0.25) is 0 Å². The smallest absolute Gasteiger partial charge is 0.407 e. The van der Waals surface area contributed by atoms with Crippen molar-refractivity contribution < 1.29 is 19.8 Å². The fraction of sp³-hybridized carbons (Fsp3) is 0.429. The lowest BCUT2D eigenvalue weighted by atomic mass is 9.90. The van der Waals surface area contributed by atoms with Gasteiger partial charge in [-0.1, -0.05) is 19.1 Å². The topological polar surface area (TPSA) is 89.9 Å². The summed E-state index contributed by atoms with van der Waals surface area (Å²) in [5, 5.41) is 21.4. The third-order valence-corrected chi connectivity index (χ3v) is 3.77. The van der Waals surface area contributed by atoms with Crippen molar-refractivity contribution in [2.45, 2.75) is 25.3 Å². The van der Waals surface area contributed by atoms with E-state index in [-0.39, 0.29) is 0 Å². The number of carboxylic acids is 1. The number of allylic oxidation sites excluding steroid dienone is 3. The highest BCUT2D eigenvalue weighted by Gasteiger charge is 2.36. The molecule has 0 fully saturated rings. The quantitative estimate of drug-likeness (QED) is 0.729. The maximum Gasteiger partial charge on any atom is 0.407 e. The number of carbonyl (C=O) groups is 2. The van der Waals surface area contributed by atoms with Crippen LogP contribution in [0.25, 0.3) is 0 Å². The summed E-state index contributed by atoms with van der Waals surface area (Å²) in [5.41, 5.74) is 0.655. The number of hydrogen-bond donors (Lipinski definition) is 3. The molecular weight excluding hydrogens is 260 g/mol. The lowest BCUT2D eigenvalue weighted by Gasteiger charge is -2.33. The standard InChI is InChI=1S/C14H18N2O4/c1-2-14(12(17)18)7-3-4-11(15-14)10-5-8-16(9-6-10)13(19)20/h3-5,7,15H,2,6,8-9H2,1H3,(H,17,18)(H,19,20). The van der Waals surface area contributed by atoms with Gasteiger partial charge >= 0.3 is 12.1 Å². The molecule has 1 atom stereocenters. The summed E-state index contributed by atoms with van der Waals surface area (Å²) in [6.45, 7) is 2.57. The van der Waals surface area contributed by atoms with Crippen molar-refractivity contribution >= 4 is 12.1 Å². The molecule has 0 saturated carbocycles. The minimum atomic E-state index is -1.07. The maximum absolute atomic E-state index is 11.4. The summed E-state index contributed by atoms with van der Waals surface area (Å²) >= 11 is 0. The Morgan fingerprint density at radius 1 is 1.45 bits per heavy atom. The minimum absolute atomic E-state index is 0.333. The molecule has 0 aromatic heterocycles. The molecule has 2 aliphatic heterocycles. The molecule has 2 heterocycles. The van der Waals surface area contributed by atoms with Gasteiger partial charge in [0.1, 0.15) is 0 Å². The lowest BCUT2D eigenvalue weighted by molar-refractivity contribution is -0.142. The molecule has 0 radical (unpaired) electrons. The largest absolute Gasteiger partial charge is 0.479 e. The molecule has 6 heteroatoms. The molecule has 6 nitrogen and oxygen atoms in total. The van der Waals surface area contributed by atoms with E-state index in [2.05, 4.69) is 5.32 Å². The first kappa shape index (κ1) is 14.2. The normalized spacial score (nSPS) is 25.6. The zero-order valence-corrected chi connectivity index (χ0v) is 11.3. The predicted molar refractivity (Wildman–Crippen MR) is 73.3 cm³/mol. The van der Waals surface area contributed by atoms with Crippen LogP contribution in [-0.2, 0) is 4.79 Å². The van der Waals surface area contributed by atoms with Crippen molar-refractivity contribution in [1.82, 2.24) is 10.2 Å². The third-order valence-electron chi connectivity index (χ3n) is 3.77. The van der Waals surface area contributed by atoms with E-state index in [1.807, 2.05) is 19.1 Å². The Bertz CT molecular complexity index is 521. The highest BCUT2D eigenvalue weighted by atomic mass is 16.4. The highest BCUT2D eigenvalue weighted by Crippen LogP contribution is 2.25. The first-order valence-electron chi connectivity index (χ1n) is 6.57. The summed E-state index contributed by atoms with van der Waals surface area (Å²) in [5.74, 6) is -0.912. The van der Waals surface area contributed by atoms with Gasteiger partial charge < -0.3 is 20.4 Å². The minimum Gasteiger partial charge on any atom is -0.479 e. The van der Waals surface area contributed by atoms with Crippen LogP contribution in [0.4, 0.5) is 4.79 Å². The molecule has 108 valence electrons. The van der Waals surface area contributed by atoms with Crippen molar-refractivity contribution in [3.05, 3.63) is 35.6 Å². The molecule has 1 amide bonds. The van der Waals surface area contributed by atoms with Crippen molar-refractivity contribution in [2.24, 2.45) is 0 Å². The molecule has 0 saturated heterocycles. The SMILES string of the molecule is CCC1(C(=O)O)C=CC=C(C2=CCN(C(=O)O)CC2)N1. The molecular formula is C14H18N2O4. The van der Waals surface area contributed by atoms with Crippen molar-refractivity contribution in [1.29, 1.82) is 0 Å². The van der Waals surface area contributed by atoms with Gasteiger partial charge in [-0.25, -0.2) is 9.59 Å². The van der Waals surface area contributed by atoms with Crippen LogP contribution >= 0.6 is 0 Å². The van der Waals surface area contributed by atoms with Gasteiger partial charge in [0.25, 0.3) is 0 Å². The third kappa shape index (κ3) is 2.54. The second kappa shape index (κ2) is 5.40. The van der Waals surface area contributed by atoms with Gasteiger partial charge in [0.15, 0.2) is 5.54 Å². The molecule has 0 spiro atoms. The van der Waals surface area contributed by atoms with Gasteiger partial charge in [-0.3, -0.25) is 0 Å². The molecule has 2 aliphatic rings. The summed E-state index contributed by atoms with van der Waals surface area (Å²) in [6.07, 6.45) is 7.14. The first-order valence-corrected chi connectivity index (χ1v) is 6.57. The fourth-order valence-corrected chi connectivity index (χ4v) is 2.39. The average Bonchev–Trinajstić information content (AvgIpc) is 2.47. The fourth-order valence-electron chi connectivity index (χ4n) is 2.39. The summed E-state index contributed by atoms with van der Waals surface area (Å²) in [6, 6.07) is 0. The second-order valence-electron chi connectivity index (χ2n) is 4.90. The second-order valence-corrected chi connectivity index (χ2v) is 4.90. The number of hydrogen-bond acceptors (Lipinski definition) is 3. The molecule has 20 heavy (non-hydrogen) atoms. The number of dihydropyridines is 1. The Hall–Kier alpha value is -2.24. The Morgan fingerprint density at radius 2 is 2.20 bits per heavy atom. The first-order chi connectivity index (χ1) is 9.48. The zero-order chi connectivity index (χ0) is 14.8. The number of amides is 1. The Morgan fingerprint density at radius 3 is 2.70 bits per heavy atom. The number of nitrogens with one attached hydrogen (secondary N) is 1. The van der Waals surface area contributed by atoms with E-state index in [9.17, 15) is 14.7 Å². The molecule has 2 rings (SSSR count). The summed E-state index contributed by atoms with van der Waals surface area (Å²) in [7, 11) is 0. The Balaban J connectivity index is 2.15. The monoisotopic (exact) mass is 278 g/mol. The van der Waals surface area contributed by atoms with Gasteiger partial charge in [-0.2, -0.15) is 0 Å². The van der Waals surface area contributed by atoms with E-state index >= 15 is 0 Å². The van der Waals surface area contributed by atoms with Crippen LogP contribution in [0, 0.1) is 0 Å². The highest BCUT2D eigenvalue weighted by molar-refractivity contribution is 5.82. The molecule has 0 aromatic rings. The number of nitrogens with zero attached hydrogens (tertiary/aromatic N) is 1. The van der Waals surface area contributed by atoms with Crippen molar-refractivity contribution in [3.63, 3.8) is 0 Å². The van der Waals surface area contributed by atoms with Crippen molar-refractivity contribution in [3.8, 4) is 0 Å². The number of rotatable bonds is 3. The predicted octanol–water partition coefficient (Wildman–Crippen LogP) is 1.57. The summed E-state index contributed by atoms with van der Waals surface area (Å²) < 4.78 is 0. The van der Waals surface area contributed by atoms with Crippen LogP contribution in [0.3, 0.4) is 0 Å². The van der Waals surface area contributed by atoms with E-state index in [0.717, 1.165) is 11.3 Å². The van der Waals surface area contributed by atoms with Gasteiger partial charge in [0, 0.05) is 18.8 Å². The number of aliphatic carboxylic acids is 1. The van der Waals surface area contributed by atoms with E-state index in [1.165, 1.54) is 4.90 Å². The lowest BCUT2D eigenvalue weighted by Crippen LogP contribution is -2.51. The Kier molecular flexibility index (Phi) is 3.83. The van der Waals surface area contributed by atoms with Crippen LogP contribution < -0.4 is 5.32 Å². The van der Waals surface area contributed by atoms with Crippen LogP contribution in [0.1, 0.15) is 19.8 Å². The molecule has 0 aliphatic carbocycles. The van der Waals surface area contributed by atoms with Gasteiger partial charge in [-0.05, 0) is 30.6 Å². The van der Waals surface area contributed by atoms with E-state index in [4.69, 9.17) is 5.11 Å². The van der Waals surface area contributed by atoms with Crippen LogP contribution in [0.5, 0.6) is 0 Å². The van der Waals surface area contributed by atoms with E-state index < -0.39 is 17.6 Å². The van der Waals surface area contributed by atoms with Crippen LogP contribution in [0.15, 0.2) is 35.6 Å². The van der Waals surface area contributed by atoms with Gasteiger partial charge in [0.2, 0.25) is 0 Å². The summed E-state index contributed by atoms with van der Waals surface area (Å²) in [4.78, 5) is 23.6.